The third kappa shape index (κ3) is 3.14. The van der Waals surface area contributed by atoms with Crippen LogP contribution in [0, 0.1) is 5.82 Å². The number of nitrogens with one attached hydrogen (secondary N) is 3. The van der Waals surface area contributed by atoms with E-state index in [1.807, 2.05) is 0 Å². The maximum atomic E-state index is 14.4. The number of fused-ring (bicyclic) bond motifs is 2. The van der Waals surface area contributed by atoms with E-state index >= 15 is 0 Å². The Kier molecular flexibility index (Phi) is 4.30. The molecule has 2 aromatic heterocycles. The fourth-order valence-electron chi connectivity index (χ4n) is 2.92. The molecule has 4 N–H and O–H groups in total. The molecule has 9 heteroatoms. The molecule has 138 valence electrons. The van der Waals surface area contributed by atoms with E-state index < -0.39 is 17.8 Å². The van der Waals surface area contributed by atoms with Gasteiger partial charge in [0.05, 0.1) is 21.8 Å². The van der Waals surface area contributed by atoms with Crippen molar-refractivity contribution in [3.8, 4) is 11.3 Å². The second-order valence-electron chi connectivity index (χ2n) is 5.83. The number of aromatic amines is 2. The molecule has 0 saturated heterocycles. The summed E-state index contributed by atoms with van der Waals surface area (Å²) in [6.07, 6.45) is -1.19. The zero-order valence-corrected chi connectivity index (χ0v) is 14.3. The minimum atomic E-state index is -1.19. The molecule has 0 fully saturated rings. The number of aliphatic hydroxyl groups excluding tert-OH is 1. The standard InChI is InChI=1S/C18H16FN5O3/c1-2-27-18(26)22-17-20-12-7-6-9(8-13(12)21-17)15-14-10(16(25)24-23-15)4-3-5-11(14)19/h3-8,18,26H,2H2,1H3,(H,24,25)(H2,20,21,22). The van der Waals surface area contributed by atoms with E-state index in [1.165, 1.54) is 12.1 Å². The summed E-state index contributed by atoms with van der Waals surface area (Å²) in [6, 6.07) is 9.54. The number of aromatic nitrogens is 4. The summed E-state index contributed by atoms with van der Waals surface area (Å²) >= 11 is 0. The largest absolute Gasteiger partial charge is 0.351 e. The summed E-state index contributed by atoms with van der Waals surface area (Å²) < 4.78 is 19.4. The number of hydrogen-bond acceptors (Lipinski definition) is 6. The summed E-state index contributed by atoms with van der Waals surface area (Å²) in [5, 5.41) is 19.2. The van der Waals surface area contributed by atoms with Crippen LogP contribution in [0.2, 0.25) is 0 Å². The van der Waals surface area contributed by atoms with Crippen molar-refractivity contribution in [2.45, 2.75) is 13.3 Å². The number of hydrogen-bond donors (Lipinski definition) is 4. The van der Waals surface area contributed by atoms with Crippen molar-refractivity contribution in [2.75, 3.05) is 11.9 Å². The quantitative estimate of drug-likeness (QED) is 0.401. The summed E-state index contributed by atoms with van der Waals surface area (Å²) in [6.45, 7) is 2.10. The lowest BCUT2D eigenvalue weighted by atomic mass is 10.0. The fourth-order valence-corrected chi connectivity index (χ4v) is 2.92. The predicted molar refractivity (Wildman–Crippen MR) is 98.7 cm³/mol. The number of nitrogens with zero attached hydrogens (tertiary/aromatic N) is 2. The molecule has 0 spiro atoms. The summed E-state index contributed by atoms with van der Waals surface area (Å²) in [5.74, 6) is -0.195. The number of rotatable bonds is 5. The van der Waals surface area contributed by atoms with Gasteiger partial charge in [0.2, 0.25) is 12.4 Å². The van der Waals surface area contributed by atoms with Gasteiger partial charge >= 0.3 is 0 Å². The van der Waals surface area contributed by atoms with Crippen LogP contribution >= 0.6 is 0 Å². The van der Waals surface area contributed by atoms with Crippen molar-refractivity contribution in [1.82, 2.24) is 20.2 Å². The van der Waals surface area contributed by atoms with Crippen molar-refractivity contribution < 1.29 is 14.2 Å². The second kappa shape index (κ2) is 6.78. The number of H-pyrrole nitrogens is 2. The summed E-state index contributed by atoms with van der Waals surface area (Å²) in [7, 11) is 0. The molecule has 4 aromatic rings. The van der Waals surface area contributed by atoms with Gasteiger partial charge in [-0.2, -0.15) is 5.10 Å². The number of anilines is 1. The van der Waals surface area contributed by atoms with Crippen molar-refractivity contribution in [2.24, 2.45) is 0 Å². The molecular weight excluding hydrogens is 353 g/mol. The minimum Gasteiger partial charge on any atom is -0.351 e. The van der Waals surface area contributed by atoms with Crippen LogP contribution in [0.4, 0.5) is 10.3 Å². The van der Waals surface area contributed by atoms with Gasteiger partial charge < -0.3 is 20.1 Å². The van der Waals surface area contributed by atoms with Gasteiger partial charge in [0.25, 0.3) is 5.56 Å². The molecule has 27 heavy (non-hydrogen) atoms. The van der Waals surface area contributed by atoms with E-state index in [4.69, 9.17) is 4.74 Å². The molecule has 0 amide bonds. The topological polar surface area (TPSA) is 116 Å². The zero-order valence-electron chi connectivity index (χ0n) is 14.3. The van der Waals surface area contributed by atoms with Crippen LogP contribution in [0.1, 0.15) is 6.92 Å². The molecule has 1 atom stereocenters. The number of halogens is 1. The molecule has 0 bridgehead atoms. The molecule has 0 aliphatic carbocycles. The SMILES string of the molecule is CCOC(O)Nc1nc2cc(-c3n[nH]c(=O)c4cccc(F)c34)ccc2[nH]1. The molecular formula is C18H16FN5O3. The highest BCUT2D eigenvalue weighted by atomic mass is 19.1. The van der Waals surface area contributed by atoms with Gasteiger partial charge in [0.1, 0.15) is 11.5 Å². The van der Waals surface area contributed by atoms with Gasteiger partial charge in [-0.25, -0.2) is 14.5 Å². The Morgan fingerprint density at radius 2 is 2.19 bits per heavy atom. The number of imidazole rings is 1. The van der Waals surface area contributed by atoms with Crippen LogP contribution in [-0.2, 0) is 4.74 Å². The van der Waals surface area contributed by atoms with Crippen molar-refractivity contribution >= 4 is 27.8 Å². The van der Waals surface area contributed by atoms with Crippen LogP contribution < -0.4 is 10.9 Å². The van der Waals surface area contributed by atoms with Gasteiger partial charge in [-0.05, 0) is 31.2 Å². The molecule has 2 aromatic carbocycles. The molecule has 8 nitrogen and oxygen atoms in total. The first-order valence-corrected chi connectivity index (χ1v) is 8.30. The van der Waals surface area contributed by atoms with Crippen LogP contribution in [0.5, 0.6) is 0 Å². The Bertz CT molecular complexity index is 1190. The highest BCUT2D eigenvalue weighted by Crippen LogP contribution is 2.28. The van der Waals surface area contributed by atoms with Crippen LogP contribution in [0.25, 0.3) is 33.1 Å². The molecule has 4 rings (SSSR count). The molecule has 0 radical (unpaired) electrons. The second-order valence-corrected chi connectivity index (χ2v) is 5.83. The lowest BCUT2D eigenvalue weighted by molar-refractivity contribution is -0.0734. The Labute approximate surface area is 152 Å². The van der Waals surface area contributed by atoms with Crippen molar-refractivity contribution in [3.63, 3.8) is 0 Å². The molecule has 0 saturated carbocycles. The van der Waals surface area contributed by atoms with Gasteiger partial charge in [-0.3, -0.25) is 4.79 Å². The Hall–Kier alpha value is -3.30. The first kappa shape index (κ1) is 17.1. The molecule has 0 aliphatic rings. The van der Waals surface area contributed by atoms with Crippen LogP contribution in [-0.4, -0.2) is 38.3 Å². The maximum absolute atomic E-state index is 14.4. The lowest BCUT2D eigenvalue weighted by Crippen LogP contribution is -2.22. The van der Waals surface area contributed by atoms with Crippen molar-refractivity contribution in [3.05, 3.63) is 52.6 Å². The first-order chi connectivity index (χ1) is 13.1. The van der Waals surface area contributed by atoms with Crippen LogP contribution in [0.3, 0.4) is 0 Å². The highest BCUT2D eigenvalue weighted by Gasteiger charge is 2.14. The third-order valence-electron chi connectivity index (χ3n) is 4.11. The van der Waals surface area contributed by atoms with E-state index in [2.05, 4.69) is 25.5 Å². The Morgan fingerprint density at radius 3 is 3.00 bits per heavy atom. The summed E-state index contributed by atoms with van der Waals surface area (Å²) in [4.78, 5) is 19.3. The predicted octanol–water partition coefficient (Wildman–Crippen LogP) is 2.33. The number of aliphatic hydroxyl groups is 1. The average Bonchev–Trinajstić information content (AvgIpc) is 3.04. The lowest BCUT2D eigenvalue weighted by Gasteiger charge is -2.10. The van der Waals surface area contributed by atoms with E-state index in [9.17, 15) is 14.3 Å². The molecule has 0 aliphatic heterocycles. The average molecular weight is 369 g/mol. The van der Waals surface area contributed by atoms with Gasteiger partial charge in [0, 0.05) is 12.2 Å². The zero-order chi connectivity index (χ0) is 19.0. The van der Waals surface area contributed by atoms with Crippen molar-refractivity contribution in [1.29, 1.82) is 0 Å². The molecule has 2 heterocycles. The number of ether oxygens (including phenoxy) is 1. The van der Waals surface area contributed by atoms with E-state index in [-0.39, 0.29) is 10.8 Å². The Balaban J connectivity index is 1.80. The maximum Gasteiger partial charge on any atom is 0.272 e. The van der Waals surface area contributed by atoms with Crippen LogP contribution in [0.15, 0.2) is 41.2 Å². The van der Waals surface area contributed by atoms with E-state index in [1.54, 1.807) is 31.2 Å². The van der Waals surface area contributed by atoms with E-state index in [0.29, 0.717) is 34.8 Å². The van der Waals surface area contributed by atoms with Gasteiger partial charge in [-0.15, -0.1) is 0 Å². The minimum absolute atomic E-state index is 0.154. The Morgan fingerprint density at radius 1 is 1.33 bits per heavy atom. The number of benzene rings is 2. The third-order valence-corrected chi connectivity index (χ3v) is 4.11. The van der Waals surface area contributed by atoms with E-state index in [0.717, 1.165) is 0 Å². The highest BCUT2D eigenvalue weighted by molar-refractivity contribution is 5.96. The smallest absolute Gasteiger partial charge is 0.272 e. The monoisotopic (exact) mass is 369 g/mol. The van der Waals surface area contributed by atoms with Gasteiger partial charge in [0.15, 0.2) is 0 Å². The first-order valence-electron chi connectivity index (χ1n) is 8.30. The van der Waals surface area contributed by atoms with Gasteiger partial charge in [-0.1, -0.05) is 12.1 Å². The normalized spacial score (nSPS) is 12.6. The molecule has 1 unspecified atom stereocenters. The fraction of sp³-hybridized carbons (Fsp3) is 0.167. The summed E-state index contributed by atoms with van der Waals surface area (Å²) in [5.41, 5.74) is 1.74.